The molecular weight excluding hydrogens is 338 g/mol. The highest BCUT2D eigenvalue weighted by molar-refractivity contribution is 7.92. The Morgan fingerprint density at radius 1 is 1.08 bits per heavy atom. The molecule has 0 radical (unpaired) electrons. The Labute approximate surface area is 147 Å². The molecule has 0 saturated heterocycles. The van der Waals surface area contributed by atoms with Crippen molar-refractivity contribution in [2.24, 2.45) is 0 Å². The maximum atomic E-state index is 12.6. The lowest BCUT2D eigenvalue weighted by atomic mass is 10.1. The molecule has 0 saturated carbocycles. The van der Waals surface area contributed by atoms with E-state index in [0.29, 0.717) is 0 Å². The van der Waals surface area contributed by atoms with Gasteiger partial charge in [-0.05, 0) is 51.1 Å². The standard InChI is InChI=1S/C18H19N3O3S/c1-18(2,3)20-17(22)13-8-6-9-15(11-13)25(23,24)21-16-10-5-4-7-14(16)12-19/h4-11,21H,1-3H3,(H,20,22). The molecule has 0 aromatic heterocycles. The summed E-state index contributed by atoms with van der Waals surface area (Å²) in [7, 11) is -3.93. The van der Waals surface area contributed by atoms with Gasteiger partial charge in [0.25, 0.3) is 15.9 Å². The molecule has 2 rings (SSSR count). The summed E-state index contributed by atoms with van der Waals surface area (Å²) in [5.41, 5.74) is 0.212. The summed E-state index contributed by atoms with van der Waals surface area (Å²) in [6, 6.07) is 14.0. The number of para-hydroxylation sites is 1. The molecule has 0 fully saturated rings. The van der Waals surface area contributed by atoms with Crippen LogP contribution in [-0.2, 0) is 10.0 Å². The highest BCUT2D eigenvalue weighted by Crippen LogP contribution is 2.20. The Hall–Kier alpha value is -2.85. The maximum absolute atomic E-state index is 12.6. The van der Waals surface area contributed by atoms with E-state index in [1.54, 1.807) is 18.2 Å². The minimum Gasteiger partial charge on any atom is -0.347 e. The highest BCUT2D eigenvalue weighted by atomic mass is 32.2. The third-order valence-corrected chi connectivity index (χ3v) is 4.55. The highest BCUT2D eigenvalue weighted by Gasteiger charge is 2.20. The predicted molar refractivity (Wildman–Crippen MR) is 95.6 cm³/mol. The third kappa shape index (κ3) is 4.81. The van der Waals surface area contributed by atoms with Gasteiger partial charge in [-0.25, -0.2) is 8.42 Å². The minimum atomic E-state index is -3.93. The number of carbonyl (C=O) groups excluding carboxylic acids is 1. The first kappa shape index (κ1) is 18.5. The number of sulfonamides is 1. The molecule has 0 unspecified atom stereocenters. The van der Waals surface area contributed by atoms with Crippen molar-refractivity contribution in [3.05, 3.63) is 59.7 Å². The smallest absolute Gasteiger partial charge is 0.261 e. The van der Waals surface area contributed by atoms with E-state index in [2.05, 4.69) is 10.0 Å². The van der Waals surface area contributed by atoms with Crippen molar-refractivity contribution in [2.75, 3.05) is 4.72 Å². The van der Waals surface area contributed by atoms with Gasteiger partial charge in [-0.3, -0.25) is 9.52 Å². The number of benzene rings is 2. The van der Waals surface area contributed by atoms with Crippen molar-refractivity contribution in [3.8, 4) is 6.07 Å². The van der Waals surface area contributed by atoms with Gasteiger partial charge in [0.1, 0.15) is 6.07 Å². The predicted octanol–water partition coefficient (Wildman–Crippen LogP) is 2.89. The first-order chi connectivity index (χ1) is 11.6. The van der Waals surface area contributed by atoms with Gasteiger partial charge in [0, 0.05) is 11.1 Å². The Balaban J connectivity index is 2.33. The molecular formula is C18H19N3O3S. The Morgan fingerprint density at radius 3 is 2.40 bits per heavy atom. The molecule has 7 heteroatoms. The first-order valence-corrected chi connectivity index (χ1v) is 9.05. The van der Waals surface area contributed by atoms with Gasteiger partial charge in [-0.15, -0.1) is 0 Å². The number of amides is 1. The summed E-state index contributed by atoms with van der Waals surface area (Å²) >= 11 is 0. The third-order valence-electron chi connectivity index (χ3n) is 3.19. The minimum absolute atomic E-state index is 0.0539. The van der Waals surface area contributed by atoms with E-state index in [0.717, 1.165) is 0 Å². The quantitative estimate of drug-likeness (QED) is 0.879. The van der Waals surface area contributed by atoms with Crippen LogP contribution in [0.2, 0.25) is 0 Å². The second kappa shape index (κ2) is 6.95. The molecule has 2 aromatic rings. The average Bonchev–Trinajstić information content (AvgIpc) is 2.53. The first-order valence-electron chi connectivity index (χ1n) is 7.57. The summed E-state index contributed by atoms with van der Waals surface area (Å²) in [4.78, 5) is 12.2. The summed E-state index contributed by atoms with van der Waals surface area (Å²) < 4.78 is 27.5. The topological polar surface area (TPSA) is 99.1 Å². The van der Waals surface area contributed by atoms with Gasteiger partial charge in [0.05, 0.1) is 16.1 Å². The van der Waals surface area contributed by atoms with E-state index < -0.39 is 15.6 Å². The van der Waals surface area contributed by atoms with Gasteiger partial charge < -0.3 is 5.32 Å². The lowest BCUT2D eigenvalue weighted by molar-refractivity contribution is 0.0919. The average molecular weight is 357 g/mol. The number of hydrogen-bond donors (Lipinski definition) is 2. The van der Waals surface area contributed by atoms with Crippen LogP contribution in [0.25, 0.3) is 0 Å². The molecule has 0 heterocycles. The molecule has 1 amide bonds. The molecule has 25 heavy (non-hydrogen) atoms. The van der Waals surface area contributed by atoms with Crippen LogP contribution in [0.3, 0.4) is 0 Å². The van der Waals surface area contributed by atoms with E-state index in [1.807, 2.05) is 26.8 Å². The van der Waals surface area contributed by atoms with Crippen molar-refractivity contribution in [1.29, 1.82) is 5.26 Å². The SMILES string of the molecule is CC(C)(C)NC(=O)c1cccc(S(=O)(=O)Nc2ccccc2C#N)c1. The Bertz CT molecular complexity index is 939. The van der Waals surface area contributed by atoms with E-state index in [-0.39, 0.29) is 27.6 Å². The molecule has 0 atom stereocenters. The maximum Gasteiger partial charge on any atom is 0.261 e. The van der Waals surface area contributed by atoms with E-state index in [9.17, 15) is 13.2 Å². The molecule has 0 aliphatic rings. The zero-order valence-electron chi connectivity index (χ0n) is 14.2. The molecule has 0 aliphatic carbocycles. The van der Waals surface area contributed by atoms with E-state index in [4.69, 9.17) is 5.26 Å². The van der Waals surface area contributed by atoms with Crippen LogP contribution in [-0.4, -0.2) is 19.9 Å². The largest absolute Gasteiger partial charge is 0.347 e. The van der Waals surface area contributed by atoms with Gasteiger partial charge in [-0.1, -0.05) is 18.2 Å². The van der Waals surface area contributed by atoms with Crippen molar-refractivity contribution in [1.82, 2.24) is 5.32 Å². The number of nitrogens with zero attached hydrogens (tertiary/aromatic N) is 1. The van der Waals surface area contributed by atoms with E-state index in [1.165, 1.54) is 30.3 Å². The fraction of sp³-hybridized carbons (Fsp3) is 0.222. The summed E-state index contributed by atoms with van der Waals surface area (Å²) in [6.45, 7) is 5.52. The zero-order valence-corrected chi connectivity index (χ0v) is 15.0. The molecule has 2 aromatic carbocycles. The van der Waals surface area contributed by atoms with Gasteiger partial charge in [-0.2, -0.15) is 5.26 Å². The second-order valence-electron chi connectivity index (χ2n) is 6.49. The number of carbonyl (C=O) groups is 1. The molecule has 0 aliphatic heterocycles. The summed E-state index contributed by atoms with van der Waals surface area (Å²) in [6.07, 6.45) is 0. The Kier molecular flexibility index (Phi) is 5.14. The number of nitriles is 1. The van der Waals surface area contributed by atoms with Crippen molar-refractivity contribution < 1.29 is 13.2 Å². The number of anilines is 1. The molecule has 6 nitrogen and oxygen atoms in total. The lowest BCUT2D eigenvalue weighted by Gasteiger charge is -2.20. The van der Waals surface area contributed by atoms with Crippen LogP contribution in [0.15, 0.2) is 53.4 Å². The number of hydrogen-bond acceptors (Lipinski definition) is 4. The summed E-state index contributed by atoms with van der Waals surface area (Å²) in [5.74, 6) is -0.359. The van der Waals surface area contributed by atoms with Crippen molar-refractivity contribution >= 4 is 21.6 Å². The monoisotopic (exact) mass is 357 g/mol. The zero-order chi connectivity index (χ0) is 18.7. The number of nitrogens with one attached hydrogen (secondary N) is 2. The van der Waals surface area contributed by atoms with Crippen LogP contribution >= 0.6 is 0 Å². The van der Waals surface area contributed by atoms with Crippen molar-refractivity contribution in [2.45, 2.75) is 31.2 Å². The van der Waals surface area contributed by atoms with Crippen LogP contribution < -0.4 is 10.0 Å². The molecule has 0 bridgehead atoms. The van der Waals surface area contributed by atoms with Crippen molar-refractivity contribution in [3.63, 3.8) is 0 Å². The van der Waals surface area contributed by atoms with Crippen LogP contribution in [0.4, 0.5) is 5.69 Å². The van der Waals surface area contributed by atoms with Gasteiger partial charge in [0.2, 0.25) is 0 Å². The van der Waals surface area contributed by atoms with Crippen LogP contribution in [0.5, 0.6) is 0 Å². The Morgan fingerprint density at radius 2 is 1.76 bits per heavy atom. The van der Waals surface area contributed by atoms with Crippen LogP contribution in [0, 0.1) is 11.3 Å². The fourth-order valence-corrected chi connectivity index (χ4v) is 3.22. The number of rotatable bonds is 4. The molecule has 130 valence electrons. The lowest BCUT2D eigenvalue weighted by Crippen LogP contribution is -2.40. The van der Waals surface area contributed by atoms with Gasteiger partial charge in [0.15, 0.2) is 0 Å². The van der Waals surface area contributed by atoms with Crippen LogP contribution in [0.1, 0.15) is 36.7 Å². The van der Waals surface area contributed by atoms with E-state index >= 15 is 0 Å². The van der Waals surface area contributed by atoms with Gasteiger partial charge >= 0.3 is 0 Å². The molecule has 2 N–H and O–H groups in total. The fourth-order valence-electron chi connectivity index (χ4n) is 2.09. The normalized spacial score (nSPS) is 11.4. The molecule has 0 spiro atoms. The summed E-state index contributed by atoms with van der Waals surface area (Å²) in [5, 5.41) is 11.9. The second-order valence-corrected chi connectivity index (χ2v) is 8.18.